The zero-order valence-electron chi connectivity index (χ0n) is 18.8. The van der Waals surface area contributed by atoms with Crippen molar-refractivity contribution in [1.82, 2.24) is 14.8 Å². The molecule has 1 aromatic heterocycles. The smallest absolute Gasteiger partial charge is 0.193 e. The van der Waals surface area contributed by atoms with E-state index in [0.717, 1.165) is 33.7 Å². The summed E-state index contributed by atoms with van der Waals surface area (Å²) >= 11 is 0. The number of aromatic nitrogens is 3. The molecule has 0 spiro atoms. The first-order chi connectivity index (χ1) is 16.1. The van der Waals surface area contributed by atoms with Gasteiger partial charge in [-0.3, -0.25) is 0 Å². The Hall–Kier alpha value is -4.13. The average molecular weight is 441 g/mol. The molecule has 0 bridgehead atoms. The summed E-state index contributed by atoms with van der Waals surface area (Å²) in [7, 11) is 0. The predicted octanol–water partition coefficient (Wildman–Crippen LogP) is 4.71. The summed E-state index contributed by atoms with van der Waals surface area (Å²) in [6, 6.07) is 24.4. The summed E-state index contributed by atoms with van der Waals surface area (Å²) in [6.45, 7) is 5.17. The van der Waals surface area contributed by atoms with Crippen LogP contribution in [0.25, 0.3) is 11.1 Å². The van der Waals surface area contributed by atoms with Crippen molar-refractivity contribution in [3.8, 4) is 16.9 Å². The van der Waals surface area contributed by atoms with Crippen LogP contribution >= 0.6 is 0 Å². The lowest BCUT2D eigenvalue weighted by Crippen LogP contribution is -2.22. The minimum Gasteiger partial charge on any atom is -0.491 e. The van der Waals surface area contributed by atoms with Gasteiger partial charge in [-0.25, -0.2) is 14.7 Å². The summed E-state index contributed by atoms with van der Waals surface area (Å²) in [6.07, 6.45) is 3.40. The molecule has 7 heteroatoms. The van der Waals surface area contributed by atoms with Gasteiger partial charge < -0.3 is 15.8 Å². The molecule has 0 atom stereocenters. The zero-order valence-corrected chi connectivity index (χ0v) is 18.8. The molecule has 0 aliphatic heterocycles. The van der Waals surface area contributed by atoms with Gasteiger partial charge in [0.2, 0.25) is 0 Å². The second kappa shape index (κ2) is 10.5. The third kappa shape index (κ3) is 6.20. The van der Waals surface area contributed by atoms with E-state index in [1.54, 1.807) is 17.3 Å². The van der Waals surface area contributed by atoms with Crippen LogP contribution in [0.4, 0.5) is 5.69 Å². The second-order valence-corrected chi connectivity index (χ2v) is 7.96. The van der Waals surface area contributed by atoms with E-state index < -0.39 is 0 Å². The highest BCUT2D eigenvalue weighted by atomic mass is 16.5. The van der Waals surface area contributed by atoms with Gasteiger partial charge in [0.05, 0.1) is 19.2 Å². The summed E-state index contributed by atoms with van der Waals surface area (Å²) in [5, 5.41) is 7.30. The minimum atomic E-state index is 0.139. The van der Waals surface area contributed by atoms with Crippen LogP contribution in [0.2, 0.25) is 0 Å². The summed E-state index contributed by atoms with van der Waals surface area (Å²) in [5.74, 6) is 1.19. The van der Waals surface area contributed by atoms with Crippen molar-refractivity contribution in [3.63, 3.8) is 0 Å². The molecule has 4 aromatic rings. The van der Waals surface area contributed by atoms with E-state index in [1.165, 1.54) is 0 Å². The third-order valence-corrected chi connectivity index (χ3v) is 5.01. The lowest BCUT2D eigenvalue weighted by atomic mass is 9.98. The lowest BCUT2D eigenvalue weighted by Gasteiger charge is -2.11. The molecule has 3 aromatic carbocycles. The highest BCUT2D eigenvalue weighted by Gasteiger charge is 2.06. The van der Waals surface area contributed by atoms with Crippen LogP contribution in [0.3, 0.4) is 0 Å². The average Bonchev–Trinajstić information content (AvgIpc) is 3.33. The number of aliphatic imine (C=N–C) groups is 1. The Bertz CT molecular complexity index is 1180. The molecule has 0 radical (unpaired) electrons. The zero-order chi connectivity index (χ0) is 23.0. The number of nitrogens with two attached hydrogens (primary N) is 1. The normalized spacial score (nSPS) is 11.5. The molecular formula is C26H28N6O. The van der Waals surface area contributed by atoms with Gasteiger partial charge in [-0.2, -0.15) is 5.10 Å². The van der Waals surface area contributed by atoms with Crippen LogP contribution in [0.15, 0.2) is 90.4 Å². The Morgan fingerprint density at radius 3 is 2.48 bits per heavy atom. The fourth-order valence-corrected chi connectivity index (χ4v) is 3.48. The Balaban J connectivity index is 1.42. The lowest BCUT2D eigenvalue weighted by molar-refractivity contribution is 0.242. The van der Waals surface area contributed by atoms with Crippen LogP contribution in [0, 0.1) is 0 Å². The first-order valence-electron chi connectivity index (χ1n) is 10.9. The first kappa shape index (κ1) is 22.1. The van der Waals surface area contributed by atoms with Crippen LogP contribution < -0.4 is 15.8 Å². The third-order valence-electron chi connectivity index (χ3n) is 5.01. The molecule has 0 saturated heterocycles. The standard InChI is InChI=1S/C26H28N6O/c1-19(2)33-24-13-11-23(12-14-24)31-26(27)29-15-22-5-3-4-6-25(22)21-9-7-20(8-10-21)16-32-18-28-17-30-32/h3-14,17-19H,15-16H2,1-2H3,(H3,27,29,31). The molecule has 7 nitrogen and oxygen atoms in total. The van der Waals surface area contributed by atoms with E-state index in [9.17, 15) is 0 Å². The van der Waals surface area contributed by atoms with Gasteiger partial charge in [0, 0.05) is 5.69 Å². The Morgan fingerprint density at radius 1 is 1.03 bits per heavy atom. The monoisotopic (exact) mass is 440 g/mol. The van der Waals surface area contributed by atoms with Crippen LogP contribution in [-0.2, 0) is 13.1 Å². The Kier molecular flexibility index (Phi) is 6.99. The number of anilines is 1. The van der Waals surface area contributed by atoms with E-state index in [1.807, 2.05) is 50.2 Å². The van der Waals surface area contributed by atoms with Crippen LogP contribution in [0.5, 0.6) is 5.75 Å². The minimum absolute atomic E-state index is 0.139. The topological polar surface area (TPSA) is 90.3 Å². The van der Waals surface area contributed by atoms with Gasteiger partial charge in [0.15, 0.2) is 5.96 Å². The Morgan fingerprint density at radius 2 is 1.79 bits per heavy atom. The molecule has 0 aliphatic carbocycles. The van der Waals surface area contributed by atoms with Crippen LogP contribution in [0.1, 0.15) is 25.0 Å². The highest BCUT2D eigenvalue weighted by Crippen LogP contribution is 2.25. The second-order valence-electron chi connectivity index (χ2n) is 7.96. The van der Waals surface area contributed by atoms with Crippen molar-refractivity contribution in [2.45, 2.75) is 33.0 Å². The molecular weight excluding hydrogens is 412 g/mol. The number of guanidine groups is 1. The number of hydrogen-bond donors (Lipinski definition) is 2. The van der Waals surface area contributed by atoms with Gasteiger partial charge in [-0.05, 0) is 60.4 Å². The molecule has 33 heavy (non-hydrogen) atoms. The fourth-order valence-electron chi connectivity index (χ4n) is 3.48. The summed E-state index contributed by atoms with van der Waals surface area (Å²) in [4.78, 5) is 8.54. The van der Waals surface area contributed by atoms with E-state index >= 15 is 0 Å². The fraction of sp³-hybridized carbons (Fsp3) is 0.192. The van der Waals surface area contributed by atoms with Crippen molar-refractivity contribution in [2.24, 2.45) is 10.7 Å². The maximum absolute atomic E-state index is 6.14. The van der Waals surface area contributed by atoms with Crippen molar-refractivity contribution >= 4 is 11.6 Å². The maximum atomic E-state index is 6.14. The number of nitrogens with one attached hydrogen (secondary N) is 1. The van der Waals surface area contributed by atoms with Gasteiger partial charge in [0.1, 0.15) is 18.4 Å². The SMILES string of the molecule is CC(C)Oc1ccc(NC(N)=NCc2ccccc2-c2ccc(Cn3cncn3)cc2)cc1. The molecule has 0 unspecified atom stereocenters. The molecule has 4 rings (SSSR count). The van der Waals surface area contributed by atoms with E-state index in [4.69, 9.17) is 10.5 Å². The quantitative estimate of drug-likeness (QED) is 0.306. The van der Waals surface area contributed by atoms with Crippen LogP contribution in [-0.4, -0.2) is 26.8 Å². The summed E-state index contributed by atoms with van der Waals surface area (Å²) < 4.78 is 7.48. The molecule has 3 N–H and O–H groups in total. The maximum Gasteiger partial charge on any atom is 0.193 e. The van der Waals surface area contributed by atoms with Crippen molar-refractivity contribution in [1.29, 1.82) is 0 Å². The number of hydrogen-bond acceptors (Lipinski definition) is 4. The largest absolute Gasteiger partial charge is 0.491 e. The number of nitrogens with zero attached hydrogens (tertiary/aromatic N) is 4. The highest BCUT2D eigenvalue weighted by molar-refractivity contribution is 5.92. The van der Waals surface area contributed by atoms with E-state index in [2.05, 4.69) is 56.8 Å². The van der Waals surface area contributed by atoms with E-state index in [-0.39, 0.29) is 6.10 Å². The molecule has 168 valence electrons. The first-order valence-corrected chi connectivity index (χ1v) is 10.9. The van der Waals surface area contributed by atoms with Gasteiger partial charge in [0.25, 0.3) is 0 Å². The molecule has 1 heterocycles. The van der Waals surface area contributed by atoms with Gasteiger partial charge in [-0.1, -0.05) is 48.5 Å². The van der Waals surface area contributed by atoms with E-state index in [0.29, 0.717) is 19.0 Å². The molecule has 0 amide bonds. The number of rotatable bonds is 8. The number of benzene rings is 3. The van der Waals surface area contributed by atoms with Crippen molar-refractivity contribution in [3.05, 3.63) is 96.6 Å². The molecule has 0 fully saturated rings. The predicted molar refractivity (Wildman–Crippen MR) is 132 cm³/mol. The molecule has 0 aliphatic rings. The Labute approximate surface area is 194 Å². The van der Waals surface area contributed by atoms with Gasteiger partial charge in [-0.15, -0.1) is 0 Å². The summed E-state index contributed by atoms with van der Waals surface area (Å²) in [5.41, 5.74) is 11.5. The van der Waals surface area contributed by atoms with Crippen molar-refractivity contribution < 1.29 is 4.74 Å². The van der Waals surface area contributed by atoms with Gasteiger partial charge >= 0.3 is 0 Å². The molecule has 0 saturated carbocycles. The van der Waals surface area contributed by atoms with Crippen molar-refractivity contribution in [2.75, 3.05) is 5.32 Å². The number of ether oxygens (including phenoxy) is 1.